The molecule has 4 rings (SSSR count). The molecule has 3 aromatic heterocycles. The van der Waals surface area contributed by atoms with Crippen molar-refractivity contribution in [3.8, 4) is 0 Å². The van der Waals surface area contributed by atoms with E-state index in [1.165, 1.54) is 0 Å². The second-order valence-electron chi connectivity index (χ2n) is 6.48. The van der Waals surface area contributed by atoms with Gasteiger partial charge in [-0.05, 0) is 38.8 Å². The molecule has 0 N–H and O–H groups in total. The Hall–Kier alpha value is -2.35. The van der Waals surface area contributed by atoms with Gasteiger partial charge in [0.15, 0.2) is 11.5 Å². The molecule has 1 amide bonds. The van der Waals surface area contributed by atoms with Crippen LogP contribution in [0, 0.1) is 13.8 Å². The summed E-state index contributed by atoms with van der Waals surface area (Å²) < 4.78 is 1.84. The summed E-state index contributed by atoms with van der Waals surface area (Å²) in [6.07, 6.45) is 4.04. The van der Waals surface area contributed by atoms with Crippen LogP contribution in [0.3, 0.4) is 0 Å². The fourth-order valence-electron chi connectivity index (χ4n) is 3.29. The van der Waals surface area contributed by atoms with E-state index in [0.717, 1.165) is 53.0 Å². The molecule has 3 aromatic rings. The SMILES string of the molecule is Cc1ccc2nnc(C3CCN(C(=O)Cc4cnc(C)s4)CC3)n2n1. The number of hydrogen-bond donors (Lipinski definition) is 0. The Morgan fingerprint density at radius 1 is 1.24 bits per heavy atom. The molecular formula is C17H20N6OS. The standard InChI is InChI=1S/C17H20N6OS/c1-11-3-4-15-19-20-17(23(15)21-11)13-5-7-22(8-6-13)16(24)9-14-10-18-12(2)25-14/h3-4,10,13H,5-9H2,1-2H3. The molecule has 8 heteroatoms. The van der Waals surface area contributed by atoms with E-state index in [9.17, 15) is 4.79 Å². The number of aromatic nitrogens is 5. The predicted octanol–water partition coefficient (Wildman–Crippen LogP) is 2.15. The van der Waals surface area contributed by atoms with Gasteiger partial charge in [0.1, 0.15) is 0 Å². The van der Waals surface area contributed by atoms with E-state index < -0.39 is 0 Å². The van der Waals surface area contributed by atoms with Crippen LogP contribution >= 0.6 is 11.3 Å². The minimum atomic E-state index is 0.183. The lowest BCUT2D eigenvalue weighted by molar-refractivity contribution is -0.131. The molecule has 0 unspecified atom stereocenters. The quantitative estimate of drug-likeness (QED) is 0.719. The molecule has 0 spiro atoms. The van der Waals surface area contributed by atoms with Gasteiger partial charge in [0.25, 0.3) is 0 Å². The van der Waals surface area contributed by atoms with Gasteiger partial charge in [-0.2, -0.15) is 9.61 Å². The van der Waals surface area contributed by atoms with Crippen molar-refractivity contribution in [2.45, 2.75) is 39.0 Å². The highest BCUT2D eigenvalue weighted by Gasteiger charge is 2.27. The van der Waals surface area contributed by atoms with Crippen molar-refractivity contribution in [2.75, 3.05) is 13.1 Å². The first-order valence-electron chi connectivity index (χ1n) is 8.48. The Balaban J connectivity index is 1.42. The summed E-state index contributed by atoms with van der Waals surface area (Å²) in [5, 5.41) is 14.1. The third-order valence-corrected chi connectivity index (χ3v) is 5.54. The highest BCUT2D eigenvalue weighted by atomic mass is 32.1. The van der Waals surface area contributed by atoms with Crippen molar-refractivity contribution >= 4 is 22.9 Å². The molecule has 25 heavy (non-hydrogen) atoms. The summed E-state index contributed by atoms with van der Waals surface area (Å²) in [6.45, 7) is 5.43. The van der Waals surface area contributed by atoms with Crippen LogP contribution < -0.4 is 0 Å². The molecule has 1 fully saturated rings. The molecule has 1 aliphatic rings. The third-order valence-electron chi connectivity index (χ3n) is 4.63. The van der Waals surface area contributed by atoms with Crippen LogP contribution in [0.2, 0.25) is 0 Å². The highest BCUT2D eigenvalue weighted by Crippen LogP contribution is 2.27. The first kappa shape index (κ1) is 16.1. The number of rotatable bonds is 3. The van der Waals surface area contributed by atoms with E-state index in [-0.39, 0.29) is 5.91 Å². The summed E-state index contributed by atoms with van der Waals surface area (Å²) in [5.41, 5.74) is 1.72. The van der Waals surface area contributed by atoms with E-state index in [4.69, 9.17) is 0 Å². The third kappa shape index (κ3) is 3.26. The number of hydrogen-bond acceptors (Lipinski definition) is 6. The Morgan fingerprint density at radius 2 is 2.04 bits per heavy atom. The van der Waals surface area contributed by atoms with Gasteiger partial charge in [0.2, 0.25) is 5.91 Å². The fourth-order valence-corrected chi connectivity index (χ4v) is 4.07. The van der Waals surface area contributed by atoms with E-state index in [2.05, 4.69) is 20.3 Å². The number of carbonyl (C=O) groups is 1. The van der Waals surface area contributed by atoms with Gasteiger partial charge < -0.3 is 4.90 Å². The number of aryl methyl sites for hydroxylation is 2. The zero-order valence-electron chi connectivity index (χ0n) is 14.3. The summed E-state index contributed by atoms with van der Waals surface area (Å²) in [6, 6.07) is 3.88. The molecule has 0 radical (unpaired) electrons. The smallest absolute Gasteiger partial charge is 0.227 e. The van der Waals surface area contributed by atoms with Crippen LogP contribution in [0.25, 0.3) is 5.65 Å². The van der Waals surface area contributed by atoms with Crippen LogP contribution in [-0.2, 0) is 11.2 Å². The molecular weight excluding hydrogens is 336 g/mol. The van der Waals surface area contributed by atoms with E-state index in [1.54, 1.807) is 17.5 Å². The van der Waals surface area contributed by atoms with Crippen molar-refractivity contribution in [1.29, 1.82) is 0 Å². The van der Waals surface area contributed by atoms with Crippen LogP contribution in [0.5, 0.6) is 0 Å². The number of likely N-dealkylation sites (tertiary alicyclic amines) is 1. The van der Waals surface area contributed by atoms with Gasteiger partial charge in [-0.3, -0.25) is 4.79 Å². The van der Waals surface area contributed by atoms with Crippen molar-refractivity contribution < 1.29 is 4.79 Å². The maximum Gasteiger partial charge on any atom is 0.227 e. The molecule has 1 aliphatic heterocycles. The molecule has 130 valence electrons. The number of amides is 1. The molecule has 0 bridgehead atoms. The lowest BCUT2D eigenvalue weighted by Crippen LogP contribution is -2.39. The monoisotopic (exact) mass is 356 g/mol. The summed E-state index contributed by atoms with van der Waals surface area (Å²) in [5.74, 6) is 1.38. The van der Waals surface area contributed by atoms with E-state index in [0.29, 0.717) is 12.3 Å². The average molecular weight is 356 g/mol. The highest BCUT2D eigenvalue weighted by molar-refractivity contribution is 7.11. The van der Waals surface area contributed by atoms with Gasteiger partial charge >= 0.3 is 0 Å². The van der Waals surface area contributed by atoms with Crippen LogP contribution in [0.15, 0.2) is 18.3 Å². The Morgan fingerprint density at radius 3 is 2.76 bits per heavy atom. The van der Waals surface area contributed by atoms with E-state index in [1.807, 2.05) is 35.4 Å². The molecule has 0 aromatic carbocycles. The Bertz CT molecular complexity index is 909. The van der Waals surface area contributed by atoms with Crippen LogP contribution in [-0.4, -0.2) is 48.7 Å². The number of fused-ring (bicyclic) bond motifs is 1. The lowest BCUT2D eigenvalue weighted by atomic mass is 9.96. The summed E-state index contributed by atoms with van der Waals surface area (Å²) in [4.78, 5) is 19.7. The van der Waals surface area contributed by atoms with Gasteiger partial charge in [-0.15, -0.1) is 21.5 Å². The number of piperidine rings is 1. The number of thiazole rings is 1. The normalized spacial score (nSPS) is 15.8. The second kappa shape index (κ2) is 6.51. The first-order chi connectivity index (χ1) is 12.1. The number of nitrogens with zero attached hydrogens (tertiary/aromatic N) is 6. The maximum absolute atomic E-state index is 12.5. The lowest BCUT2D eigenvalue weighted by Gasteiger charge is -2.31. The second-order valence-corrected chi connectivity index (χ2v) is 7.80. The van der Waals surface area contributed by atoms with Crippen molar-refractivity contribution in [1.82, 2.24) is 29.7 Å². The zero-order valence-corrected chi connectivity index (χ0v) is 15.2. The maximum atomic E-state index is 12.5. The molecule has 1 saturated heterocycles. The molecule has 0 saturated carbocycles. The largest absolute Gasteiger partial charge is 0.342 e. The van der Waals surface area contributed by atoms with Crippen molar-refractivity contribution in [3.05, 3.63) is 39.7 Å². The fraction of sp³-hybridized carbons (Fsp3) is 0.471. The Labute approximate surface area is 149 Å². The average Bonchev–Trinajstić information content (AvgIpc) is 3.20. The van der Waals surface area contributed by atoms with Gasteiger partial charge in [0.05, 0.1) is 17.1 Å². The van der Waals surface area contributed by atoms with Crippen LogP contribution in [0.4, 0.5) is 0 Å². The van der Waals surface area contributed by atoms with Crippen molar-refractivity contribution in [2.24, 2.45) is 0 Å². The summed E-state index contributed by atoms with van der Waals surface area (Å²) in [7, 11) is 0. The minimum Gasteiger partial charge on any atom is -0.342 e. The predicted molar refractivity (Wildman–Crippen MR) is 94.6 cm³/mol. The first-order valence-corrected chi connectivity index (χ1v) is 9.30. The topological polar surface area (TPSA) is 76.3 Å². The minimum absolute atomic E-state index is 0.183. The molecule has 0 aliphatic carbocycles. The Kier molecular flexibility index (Phi) is 4.20. The molecule has 4 heterocycles. The van der Waals surface area contributed by atoms with Crippen molar-refractivity contribution in [3.63, 3.8) is 0 Å². The number of carbonyl (C=O) groups excluding carboxylic acids is 1. The van der Waals surface area contributed by atoms with Crippen LogP contribution in [0.1, 0.15) is 40.2 Å². The molecule has 7 nitrogen and oxygen atoms in total. The molecule has 0 atom stereocenters. The van der Waals surface area contributed by atoms with E-state index >= 15 is 0 Å². The zero-order chi connectivity index (χ0) is 17.4. The summed E-state index contributed by atoms with van der Waals surface area (Å²) >= 11 is 1.59. The van der Waals surface area contributed by atoms with Gasteiger partial charge in [-0.1, -0.05) is 0 Å². The van der Waals surface area contributed by atoms with Gasteiger partial charge in [-0.25, -0.2) is 4.98 Å². The van der Waals surface area contributed by atoms with Gasteiger partial charge in [0, 0.05) is 30.1 Å².